The van der Waals surface area contributed by atoms with Crippen molar-refractivity contribution in [1.82, 2.24) is 0 Å². The molecule has 2 amide bonds. The molecule has 8 heteroatoms. The maximum Gasteiger partial charge on any atom is 0.291 e. The van der Waals surface area contributed by atoms with Gasteiger partial charge in [0, 0.05) is 28.6 Å². The molecule has 0 saturated heterocycles. The van der Waals surface area contributed by atoms with E-state index in [9.17, 15) is 19.7 Å². The SMILES string of the molecule is Cc1ccc(NC(=O)c2ccco2)cc1NC(=O)c1cccc([N+](=O)[O-])c1C. The van der Waals surface area contributed by atoms with Crippen molar-refractivity contribution in [3.63, 3.8) is 0 Å². The molecule has 0 bridgehead atoms. The first-order valence-electron chi connectivity index (χ1n) is 8.37. The molecule has 0 radical (unpaired) electrons. The lowest BCUT2D eigenvalue weighted by molar-refractivity contribution is -0.385. The van der Waals surface area contributed by atoms with E-state index in [0.29, 0.717) is 11.4 Å². The number of nitrogens with zero attached hydrogens (tertiary/aromatic N) is 1. The predicted octanol–water partition coefficient (Wildman–Crippen LogP) is 4.31. The fourth-order valence-corrected chi connectivity index (χ4v) is 2.69. The van der Waals surface area contributed by atoms with E-state index in [1.54, 1.807) is 31.2 Å². The van der Waals surface area contributed by atoms with Crippen molar-refractivity contribution in [1.29, 1.82) is 0 Å². The van der Waals surface area contributed by atoms with Crippen LogP contribution in [0.15, 0.2) is 59.2 Å². The minimum absolute atomic E-state index is 0.121. The number of carbonyl (C=O) groups is 2. The zero-order valence-corrected chi connectivity index (χ0v) is 15.2. The fourth-order valence-electron chi connectivity index (χ4n) is 2.69. The van der Waals surface area contributed by atoms with Crippen molar-refractivity contribution in [3.05, 3.63) is 87.4 Å². The minimum Gasteiger partial charge on any atom is -0.459 e. The number of nitro benzene ring substituents is 1. The first-order chi connectivity index (χ1) is 13.4. The van der Waals surface area contributed by atoms with Gasteiger partial charge in [0.2, 0.25) is 0 Å². The van der Waals surface area contributed by atoms with Gasteiger partial charge < -0.3 is 15.1 Å². The molecule has 2 N–H and O–H groups in total. The third-order valence-corrected chi connectivity index (χ3v) is 4.24. The summed E-state index contributed by atoms with van der Waals surface area (Å²) in [6.07, 6.45) is 1.40. The number of benzene rings is 2. The molecular weight excluding hydrogens is 362 g/mol. The van der Waals surface area contributed by atoms with Crippen molar-refractivity contribution >= 4 is 28.9 Å². The molecule has 2 aromatic carbocycles. The van der Waals surface area contributed by atoms with Gasteiger partial charge in [0.05, 0.1) is 11.2 Å². The molecule has 0 unspecified atom stereocenters. The van der Waals surface area contributed by atoms with Crippen LogP contribution in [0.4, 0.5) is 17.1 Å². The molecule has 0 aliphatic heterocycles. The van der Waals surface area contributed by atoms with E-state index in [0.717, 1.165) is 5.56 Å². The third-order valence-electron chi connectivity index (χ3n) is 4.24. The molecule has 8 nitrogen and oxygen atoms in total. The Kier molecular flexibility index (Phi) is 5.21. The molecule has 3 rings (SSSR count). The lowest BCUT2D eigenvalue weighted by Gasteiger charge is -2.12. The number of nitro groups is 1. The Balaban J connectivity index is 1.82. The van der Waals surface area contributed by atoms with Crippen molar-refractivity contribution in [2.75, 3.05) is 10.6 Å². The first-order valence-corrected chi connectivity index (χ1v) is 8.37. The monoisotopic (exact) mass is 379 g/mol. The number of nitrogens with one attached hydrogen (secondary N) is 2. The molecule has 1 aromatic heterocycles. The Morgan fingerprint density at radius 3 is 2.46 bits per heavy atom. The molecule has 0 aliphatic rings. The molecule has 0 spiro atoms. The first kappa shape index (κ1) is 18.8. The molecule has 3 aromatic rings. The van der Waals surface area contributed by atoms with Gasteiger partial charge in [0.25, 0.3) is 17.5 Å². The van der Waals surface area contributed by atoms with Gasteiger partial charge in [-0.1, -0.05) is 12.1 Å². The average molecular weight is 379 g/mol. The number of amides is 2. The Labute approximate surface area is 160 Å². The maximum atomic E-state index is 12.6. The van der Waals surface area contributed by atoms with Crippen LogP contribution < -0.4 is 10.6 Å². The zero-order chi connectivity index (χ0) is 20.3. The van der Waals surface area contributed by atoms with Gasteiger partial charge in [-0.15, -0.1) is 0 Å². The minimum atomic E-state index is -0.526. The summed E-state index contributed by atoms with van der Waals surface area (Å²) in [5, 5.41) is 16.5. The average Bonchev–Trinajstić information content (AvgIpc) is 3.19. The van der Waals surface area contributed by atoms with Crippen molar-refractivity contribution in [3.8, 4) is 0 Å². The summed E-state index contributed by atoms with van der Waals surface area (Å²) in [5.74, 6) is -0.724. The summed E-state index contributed by atoms with van der Waals surface area (Å²) in [5.41, 5.74) is 2.09. The van der Waals surface area contributed by atoms with E-state index >= 15 is 0 Å². The van der Waals surface area contributed by atoms with E-state index in [1.165, 1.54) is 37.5 Å². The van der Waals surface area contributed by atoms with Gasteiger partial charge in [-0.2, -0.15) is 0 Å². The topological polar surface area (TPSA) is 114 Å². The fraction of sp³-hybridized carbons (Fsp3) is 0.100. The van der Waals surface area contributed by atoms with Crippen molar-refractivity contribution in [2.24, 2.45) is 0 Å². The van der Waals surface area contributed by atoms with Crippen LogP contribution in [0.1, 0.15) is 32.0 Å². The highest BCUT2D eigenvalue weighted by molar-refractivity contribution is 6.07. The molecule has 0 atom stereocenters. The number of hydrogen-bond acceptors (Lipinski definition) is 5. The third kappa shape index (κ3) is 3.90. The number of anilines is 2. The van der Waals surface area contributed by atoms with E-state index in [4.69, 9.17) is 4.42 Å². The molecule has 28 heavy (non-hydrogen) atoms. The number of hydrogen-bond donors (Lipinski definition) is 2. The second-order valence-corrected chi connectivity index (χ2v) is 6.12. The van der Waals surface area contributed by atoms with E-state index in [-0.39, 0.29) is 22.6 Å². The smallest absolute Gasteiger partial charge is 0.291 e. The van der Waals surface area contributed by atoms with E-state index in [1.807, 2.05) is 0 Å². The zero-order valence-electron chi connectivity index (χ0n) is 15.2. The van der Waals surface area contributed by atoms with Crippen LogP contribution >= 0.6 is 0 Å². The number of furan rings is 1. The summed E-state index contributed by atoms with van der Waals surface area (Å²) < 4.78 is 5.05. The molecular formula is C20H17N3O5. The number of aryl methyl sites for hydroxylation is 1. The van der Waals surface area contributed by atoms with Gasteiger partial charge in [-0.25, -0.2) is 0 Å². The van der Waals surface area contributed by atoms with Gasteiger partial charge >= 0.3 is 0 Å². The predicted molar refractivity (Wildman–Crippen MR) is 104 cm³/mol. The second-order valence-electron chi connectivity index (χ2n) is 6.12. The van der Waals surface area contributed by atoms with Crippen molar-refractivity contribution < 1.29 is 18.9 Å². The highest BCUT2D eigenvalue weighted by Crippen LogP contribution is 2.25. The van der Waals surface area contributed by atoms with Gasteiger partial charge in [0.1, 0.15) is 0 Å². The van der Waals surface area contributed by atoms with Crippen LogP contribution in [0, 0.1) is 24.0 Å². The van der Waals surface area contributed by atoms with Gasteiger partial charge in [-0.3, -0.25) is 19.7 Å². The largest absolute Gasteiger partial charge is 0.459 e. The lowest BCUT2D eigenvalue weighted by Crippen LogP contribution is -2.16. The second kappa shape index (κ2) is 7.75. The van der Waals surface area contributed by atoms with Gasteiger partial charge in [-0.05, 0) is 49.7 Å². The highest BCUT2D eigenvalue weighted by Gasteiger charge is 2.19. The van der Waals surface area contributed by atoms with Crippen LogP contribution in [-0.2, 0) is 0 Å². The summed E-state index contributed by atoms with van der Waals surface area (Å²) in [4.78, 5) is 35.3. The molecule has 0 aliphatic carbocycles. The Bertz CT molecular complexity index is 1060. The summed E-state index contributed by atoms with van der Waals surface area (Å²) >= 11 is 0. The molecule has 1 heterocycles. The molecule has 0 saturated carbocycles. The maximum absolute atomic E-state index is 12.6. The molecule has 0 fully saturated rings. The standard InChI is InChI=1S/C20H17N3O5/c1-12-8-9-14(21-20(25)18-7-4-10-28-18)11-16(12)22-19(24)15-5-3-6-17(13(15)2)23(26)27/h3-11H,1-2H3,(H,21,25)(H,22,24). The quantitative estimate of drug-likeness (QED) is 0.506. The molecule has 142 valence electrons. The van der Waals surface area contributed by atoms with E-state index < -0.39 is 16.7 Å². The Morgan fingerprint density at radius 2 is 1.79 bits per heavy atom. The van der Waals surface area contributed by atoms with E-state index in [2.05, 4.69) is 10.6 Å². The van der Waals surface area contributed by atoms with Crippen LogP contribution in [0.5, 0.6) is 0 Å². The normalized spacial score (nSPS) is 10.4. The van der Waals surface area contributed by atoms with Gasteiger partial charge in [0.15, 0.2) is 5.76 Å². The van der Waals surface area contributed by atoms with Crippen LogP contribution in [-0.4, -0.2) is 16.7 Å². The Morgan fingerprint density at radius 1 is 1.00 bits per heavy atom. The summed E-state index contributed by atoms with van der Waals surface area (Å²) in [6, 6.07) is 12.5. The Hall–Kier alpha value is -3.94. The lowest BCUT2D eigenvalue weighted by atomic mass is 10.1. The number of carbonyl (C=O) groups excluding carboxylic acids is 2. The summed E-state index contributed by atoms with van der Waals surface area (Å²) in [6.45, 7) is 3.33. The highest BCUT2D eigenvalue weighted by atomic mass is 16.6. The summed E-state index contributed by atoms with van der Waals surface area (Å²) in [7, 11) is 0. The van der Waals surface area contributed by atoms with Crippen LogP contribution in [0.25, 0.3) is 0 Å². The van der Waals surface area contributed by atoms with Crippen LogP contribution in [0.3, 0.4) is 0 Å². The number of rotatable bonds is 5. The van der Waals surface area contributed by atoms with Crippen LogP contribution in [0.2, 0.25) is 0 Å². The van der Waals surface area contributed by atoms with Crippen molar-refractivity contribution in [2.45, 2.75) is 13.8 Å².